The van der Waals surface area contributed by atoms with E-state index in [0.717, 1.165) is 29.7 Å². The van der Waals surface area contributed by atoms with Gasteiger partial charge in [-0.25, -0.2) is 4.79 Å². The van der Waals surface area contributed by atoms with Gasteiger partial charge in [-0.2, -0.15) is 0 Å². The second kappa shape index (κ2) is 5.63. The van der Waals surface area contributed by atoms with Crippen LogP contribution in [0.3, 0.4) is 0 Å². The Bertz CT molecular complexity index is 485. The smallest absolute Gasteiger partial charge is 0.335 e. The lowest BCUT2D eigenvalue weighted by Crippen LogP contribution is -2.39. The van der Waals surface area contributed by atoms with Crippen molar-refractivity contribution < 1.29 is 9.90 Å². The molecular formula is C15H20BrNO2. The third-order valence-electron chi connectivity index (χ3n) is 3.67. The van der Waals surface area contributed by atoms with Gasteiger partial charge in [0, 0.05) is 17.6 Å². The minimum atomic E-state index is -0.883. The van der Waals surface area contributed by atoms with E-state index in [2.05, 4.69) is 34.7 Å². The number of piperidine rings is 1. The molecule has 19 heavy (non-hydrogen) atoms. The Morgan fingerprint density at radius 2 is 2.21 bits per heavy atom. The van der Waals surface area contributed by atoms with E-state index in [4.69, 9.17) is 5.11 Å². The summed E-state index contributed by atoms with van der Waals surface area (Å²) in [5.41, 5.74) is 1.86. The number of nitrogens with zero attached hydrogens (tertiary/aromatic N) is 1. The molecule has 0 saturated carbocycles. The van der Waals surface area contributed by atoms with E-state index >= 15 is 0 Å². The Balaban J connectivity index is 2.09. The van der Waals surface area contributed by atoms with Crippen LogP contribution in [0.15, 0.2) is 22.7 Å². The largest absolute Gasteiger partial charge is 0.478 e. The van der Waals surface area contributed by atoms with Crippen LogP contribution in [0.25, 0.3) is 0 Å². The predicted molar refractivity (Wildman–Crippen MR) is 79.4 cm³/mol. The van der Waals surface area contributed by atoms with E-state index in [-0.39, 0.29) is 0 Å². The fourth-order valence-corrected chi connectivity index (χ4v) is 3.23. The van der Waals surface area contributed by atoms with Gasteiger partial charge in [0.2, 0.25) is 0 Å². The van der Waals surface area contributed by atoms with Crippen LogP contribution in [0.5, 0.6) is 0 Å². The van der Waals surface area contributed by atoms with E-state index in [1.807, 2.05) is 6.07 Å². The van der Waals surface area contributed by atoms with E-state index in [1.54, 1.807) is 12.1 Å². The van der Waals surface area contributed by atoms with Crippen molar-refractivity contribution in [2.75, 3.05) is 13.1 Å². The number of carboxylic acid groups (broad SMARTS) is 1. The van der Waals surface area contributed by atoms with Gasteiger partial charge in [0.1, 0.15) is 0 Å². The third-order valence-corrected chi connectivity index (χ3v) is 4.41. The molecule has 1 heterocycles. The predicted octanol–water partition coefficient (Wildman–Crippen LogP) is 3.77. The fraction of sp³-hybridized carbons (Fsp3) is 0.533. The standard InChI is InChI=1S/C15H20BrNO2/c1-15(2)6-3-7-17(10-15)9-12-5-4-11(14(18)19)8-13(12)16/h4-5,8H,3,6-7,9-10H2,1-2H3,(H,18,19). The number of rotatable bonds is 3. The molecule has 0 bridgehead atoms. The summed E-state index contributed by atoms with van der Waals surface area (Å²) in [5.74, 6) is -0.883. The van der Waals surface area contributed by atoms with Gasteiger partial charge in [-0.1, -0.05) is 35.8 Å². The molecular weight excluding hydrogens is 306 g/mol. The van der Waals surface area contributed by atoms with E-state index in [1.165, 1.54) is 12.8 Å². The molecule has 4 heteroatoms. The Kier molecular flexibility index (Phi) is 4.31. The minimum Gasteiger partial charge on any atom is -0.478 e. The van der Waals surface area contributed by atoms with Crippen molar-refractivity contribution in [3.05, 3.63) is 33.8 Å². The average molecular weight is 326 g/mol. The van der Waals surface area contributed by atoms with Gasteiger partial charge >= 0.3 is 5.97 Å². The topological polar surface area (TPSA) is 40.5 Å². The quantitative estimate of drug-likeness (QED) is 0.919. The summed E-state index contributed by atoms with van der Waals surface area (Å²) < 4.78 is 0.885. The Labute approximate surface area is 122 Å². The van der Waals surface area contributed by atoms with Crippen molar-refractivity contribution in [3.8, 4) is 0 Å². The van der Waals surface area contributed by atoms with Crippen LogP contribution < -0.4 is 0 Å². The summed E-state index contributed by atoms with van der Waals surface area (Å²) >= 11 is 3.48. The fourth-order valence-electron chi connectivity index (χ4n) is 2.73. The molecule has 1 aromatic carbocycles. The molecule has 0 aliphatic carbocycles. The number of likely N-dealkylation sites (tertiary alicyclic amines) is 1. The molecule has 0 amide bonds. The Morgan fingerprint density at radius 1 is 1.47 bits per heavy atom. The minimum absolute atomic E-state index is 0.328. The van der Waals surface area contributed by atoms with E-state index in [9.17, 15) is 4.79 Å². The summed E-state index contributed by atoms with van der Waals surface area (Å²) in [5, 5.41) is 8.96. The molecule has 1 aliphatic rings. The van der Waals surface area contributed by atoms with Crippen LogP contribution in [0.4, 0.5) is 0 Å². The first-order chi connectivity index (χ1) is 8.87. The van der Waals surface area contributed by atoms with Crippen molar-refractivity contribution in [3.63, 3.8) is 0 Å². The lowest BCUT2D eigenvalue weighted by atomic mass is 9.84. The SMILES string of the molecule is CC1(C)CCCN(Cc2ccc(C(=O)O)cc2Br)C1. The maximum atomic E-state index is 10.9. The first-order valence-corrected chi connectivity index (χ1v) is 7.41. The number of carbonyl (C=O) groups is 1. The molecule has 0 spiro atoms. The van der Waals surface area contributed by atoms with Gasteiger partial charge in [0.05, 0.1) is 5.56 Å². The monoisotopic (exact) mass is 325 g/mol. The number of halogens is 1. The van der Waals surface area contributed by atoms with Gasteiger partial charge in [0.15, 0.2) is 0 Å². The second-order valence-corrected chi connectivity index (χ2v) is 6.94. The molecule has 1 fully saturated rings. The maximum Gasteiger partial charge on any atom is 0.335 e. The van der Waals surface area contributed by atoms with Gasteiger partial charge < -0.3 is 5.11 Å². The molecule has 0 unspecified atom stereocenters. The third kappa shape index (κ3) is 3.80. The molecule has 0 radical (unpaired) electrons. The summed E-state index contributed by atoms with van der Waals surface area (Å²) in [6, 6.07) is 5.28. The highest BCUT2D eigenvalue weighted by molar-refractivity contribution is 9.10. The summed E-state index contributed by atoms with van der Waals surface area (Å²) in [7, 11) is 0. The van der Waals surface area contributed by atoms with Crippen LogP contribution >= 0.6 is 15.9 Å². The molecule has 0 atom stereocenters. The molecule has 104 valence electrons. The van der Waals surface area contributed by atoms with Crippen molar-refractivity contribution in [2.45, 2.75) is 33.2 Å². The van der Waals surface area contributed by atoms with Crippen molar-refractivity contribution in [1.82, 2.24) is 4.90 Å². The zero-order valence-corrected chi connectivity index (χ0v) is 13.0. The Hall–Kier alpha value is -0.870. The summed E-state index contributed by atoms with van der Waals surface area (Å²) in [6.07, 6.45) is 2.51. The summed E-state index contributed by atoms with van der Waals surface area (Å²) in [6.45, 7) is 7.71. The molecule has 1 aliphatic heterocycles. The lowest BCUT2D eigenvalue weighted by Gasteiger charge is -2.38. The molecule has 3 nitrogen and oxygen atoms in total. The molecule has 0 aromatic heterocycles. The van der Waals surface area contributed by atoms with E-state index < -0.39 is 5.97 Å². The van der Waals surface area contributed by atoms with Gasteiger partial charge in [-0.15, -0.1) is 0 Å². The highest BCUT2D eigenvalue weighted by Gasteiger charge is 2.26. The van der Waals surface area contributed by atoms with Crippen LogP contribution in [0, 0.1) is 5.41 Å². The van der Waals surface area contributed by atoms with Crippen LogP contribution in [-0.4, -0.2) is 29.1 Å². The Morgan fingerprint density at radius 3 is 2.79 bits per heavy atom. The first kappa shape index (κ1) is 14.5. The number of hydrogen-bond acceptors (Lipinski definition) is 2. The molecule has 1 aromatic rings. The summed E-state index contributed by atoms with van der Waals surface area (Å²) in [4.78, 5) is 13.4. The van der Waals surface area contributed by atoms with Crippen LogP contribution in [0.2, 0.25) is 0 Å². The molecule has 1 N–H and O–H groups in total. The number of benzene rings is 1. The number of hydrogen-bond donors (Lipinski definition) is 1. The van der Waals surface area contributed by atoms with Crippen molar-refractivity contribution >= 4 is 21.9 Å². The first-order valence-electron chi connectivity index (χ1n) is 6.61. The van der Waals surface area contributed by atoms with E-state index in [0.29, 0.717) is 11.0 Å². The average Bonchev–Trinajstić information content (AvgIpc) is 2.30. The van der Waals surface area contributed by atoms with Crippen LogP contribution in [0.1, 0.15) is 42.6 Å². The van der Waals surface area contributed by atoms with Gasteiger partial charge in [-0.3, -0.25) is 4.90 Å². The normalized spacial score (nSPS) is 19.3. The van der Waals surface area contributed by atoms with Crippen LogP contribution in [-0.2, 0) is 6.54 Å². The molecule has 1 saturated heterocycles. The zero-order valence-electron chi connectivity index (χ0n) is 11.4. The maximum absolute atomic E-state index is 10.9. The number of carboxylic acids is 1. The highest BCUT2D eigenvalue weighted by Crippen LogP contribution is 2.30. The number of aromatic carboxylic acids is 1. The van der Waals surface area contributed by atoms with Crippen molar-refractivity contribution in [2.24, 2.45) is 5.41 Å². The lowest BCUT2D eigenvalue weighted by molar-refractivity contribution is 0.0697. The van der Waals surface area contributed by atoms with Gasteiger partial charge in [-0.05, 0) is 42.5 Å². The molecule has 2 rings (SSSR count). The van der Waals surface area contributed by atoms with Crippen molar-refractivity contribution in [1.29, 1.82) is 0 Å². The highest BCUT2D eigenvalue weighted by atomic mass is 79.9. The van der Waals surface area contributed by atoms with Gasteiger partial charge in [0.25, 0.3) is 0 Å². The second-order valence-electron chi connectivity index (χ2n) is 6.09. The zero-order chi connectivity index (χ0) is 14.0.